The standard InChI is InChI=1S/C28H21N3O2S/c32-25-16-22(23-14-20-12-7-13-21(20)15-24(23)33-25)17-34-28-29-26(18-8-3-1-4-9-18)27(30-31-28)19-10-5-2-6-11-19/h1-6,8-11,14-16H,7,12-13,17H2. The summed E-state index contributed by atoms with van der Waals surface area (Å²) in [6.07, 6.45) is 3.27. The molecule has 0 N–H and O–H groups in total. The average molecular weight is 464 g/mol. The minimum atomic E-state index is -0.329. The Bertz CT molecular complexity index is 1550. The Kier molecular flexibility index (Phi) is 5.43. The van der Waals surface area contributed by atoms with E-state index in [-0.39, 0.29) is 5.63 Å². The largest absolute Gasteiger partial charge is 0.423 e. The molecule has 5 aromatic rings. The summed E-state index contributed by atoms with van der Waals surface area (Å²) in [6.45, 7) is 0. The van der Waals surface area contributed by atoms with E-state index in [9.17, 15) is 4.79 Å². The third-order valence-corrected chi connectivity index (χ3v) is 7.05. The average Bonchev–Trinajstić information content (AvgIpc) is 3.34. The number of benzene rings is 3. The number of aromatic nitrogens is 3. The summed E-state index contributed by atoms with van der Waals surface area (Å²) in [6, 6.07) is 25.8. The Morgan fingerprint density at radius 3 is 2.21 bits per heavy atom. The van der Waals surface area contributed by atoms with Gasteiger partial charge in [-0.15, -0.1) is 10.2 Å². The molecule has 0 bridgehead atoms. The van der Waals surface area contributed by atoms with Crippen LogP contribution < -0.4 is 5.63 Å². The second kappa shape index (κ2) is 8.88. The second-order valence-corrected chi connectivity index (χ2v) is 9.32. The maximum absolute atomic E-state index is 12.2. The molecule has 6 rings (SSSR count). The molecule has 6 heteroatoms. The molecule has 0 radical (unpaired) electrons. The molecule has 0 amide bonds. The van der Waals surface area contributed by atoms with Crippen LogP contribution in [-0.4, -0.2) is 15.2 Å². The fourth-order valence-corrected chi connectivity index (χ4v) is 5.29. The quantitative estimate of drug-likeness (QED) is 0.232. The van der Waals surface area contributed by atoms with Gasteiger partial charge in [-0.3, -0.25) is 0 Å². The molecule has 0 aliphatic heterocycles. The van der Waals surface area contributed by atoms with Crippen molar-refractivity contribution in [1.82, 2.24) is 15.2 Å². The van der Waals surface area contributed by atoms with Crippen LogP contribution in [0.5, 0.6) is 0 Å². The Morgan fingerprint density at radius 1 is 0.794 bits per heavy atom. The van der Waals surface area contributed by atoms with Crippen molar-refractivity contribution in [3.8, 4) is 22.5 Å². The SMILES string of the molecule is O=c1cc(CSc2nnc(-c3ccccc3)c(-c3ccccc3)n2)c2cc3c(cc2o1)CCC3. The van der Waals surface area contributed by atoms with Gasteiger partial charge in [-0.05, 0) is 48.1 Å². The first-order valence-electron chi connectivity index (χ1n) is 11.3. The van der Waals surface area contributed by atoms with Crippen molar-refractivity contribution in [2.24, 2.45) is 0 Å². The normalized spacial score (nSPS) is 12.7. The number of rotatable bonds is 5. The third-order valence-electron chi connectivity index (χ3n) is 6.16. The van der Waals surface area contributed by atoms with Crippen molar-refractivity contribution < 1.29 is 4.42 Å². The van der Waals surface area contributed by atoms with Gasteiger partial charge in [0.15, 0.2) is 0 Å². The lowest BCUT2D eigenvalue weighted by atomic mass is 10.0. The summed E-state index contributed by atoms with van der Waals surface area (Å²) in [4.78, 5) is 17.1. The molecule has 3 aromatic carbocycles. The van der Waals surface area contributed by atoms with Crippen LogP contribution in [-0.2, 0) is 18.6 Å². The molecule has 2 heterocycles. The van der Waals surface area contributed by atoms with E-state index in [0.717, 1.165) is 52.7 Å². The predicted molar refractivity (Wildman–Crippen MR) is 135 cm³/mol. The van der Waals surface area contributed by atoms with Crippen LogP contribution in [0.25, 0.3) is 33.5 Å². The van der Waals surface area contributed by atoms with Crippen molar-refractivity contribution in [3.05, 3.63) is 106 Å². The maximum Gasteiger partial charge on any atom is 0.336 e. The van der Waals surface area contributed by atoms with E-state index >= 15 is 0 Å². The zero-order valence-electron chi connectivity index (χ0n) is 18.4. The molecule has 0 atom stereocenters. The van der Waals surface area contributed by atoms with Crippen molar-refractivity contribution in [2.45, 2.75) is 30.2 Å². The van der Waals surface area contributed by atoms with Gasteiger partial charge in [0.25, 0.3) is 0 Å². The Labute approximate surface area is 200 Å². The Hall–Kier alpha value is -3.77. The van der Waals surface area contributed by atoms with Gasteiger partial charge in [0.05, 0.1) is 0 Å². The number of hydrogen-bond donors (Lipinski definition) is 0. The zero-order chi connectivity index (χ0) is 22.9. The zero-order valence-corrected chi connectivity index (χ0v) is 19.2. The molecule has 0 fully saturated rings. The fourth-order valence-electron chi connectivity index (χ4n) is 4.52. The minimum absolute atomic E-state index is 0.329. The number of hydrogen-bond acceptors (Lipinski definition) is 6. The fraction of sp³-hybridized carbons (Fsp3) is 0.143. The third kappa shape index (κ3) is 4.01. The highest BCUT2D eigenvalue weighted by atomic mass is 32.2. The van der Waals surface area contributed by atoms with Gasteiger partial charge in [0.2, 0.25) is 5.16 Å². The lowest BCUT2D eigenvalue weighted by Gasteiger charge is -2.10. The van der Waals surface area contributed by atoms with E-state index in [4.69, 9.17) is 9.40 Å². The van der Waals surface area contributed by atoms with Crippen LogP contribution in [0.4, 0.5) is 0 Å². The predicted octanol–water partition coefficient (Wildman–Crippen LogP) is 6.09. The van der Waals surface area contributed by atoms with Gasteiger partial charge in [-0.25, -0.2) is 9.78 Å². The van der Waals surface area contributed by atoms with Gasteiger partial charge in [-0.2, -0.15) is 0 Å². The first-order chi connectivity index (χ1) is 16.7. The highest BCUT2D eigenvalue weighted by Crippen LogP contribution is 2.33. The van der Waals surface area contributed by atoms with Crippen LogP contribution in [0.15, 0.2) is 93.2 Å². The van der Waals surface area contributed by atoms with Crippen LogP contribution in [0, 0.1) is 0 Å². The summed E-state index contributed by atoms with van der Waals surface area (Å²) >= 11 is 1.48. The number of fused-ring (bicyclic) bond motifs is 2. The number of thioether (sulfide) groups is 1. The monoisotopic (exact) mass is 463 g/mol. The molecule has 0 unspecified atom stereocenters. The number of nitrogens with zero attached hydrogens (tertiary/aromatic N) is 3. The Morgan fingerprint density at radius 2 is 1.47 bits per heavy atom. The van der Waals surface area contributed by atoms with Crippen LogP contribution in [0.1, 0.15) is 23.1 Å². The minimum Gasteiger partial charge on any atom is -0.423 e. The number of aryl methyl sites for hydroxylation is 2. The van der Waals surface area contributed by atoms with Crippen LogP contribution in [0.3, 0.4) is 0 Å². The topological polar surface area (TPSA) is 68.9 Å². The molecule has 5 nitrogen and oxygen atoms in total. The first-order valence-corrected chi connectivity index (χ1v) is 12.3. The van der Waals surface area contributed by atoms with E-state index in [2.05, 4.69) is 16.3 Å². The van der Waals surface area contributed by atoms with Crippen molar-refractivity contribution >= 4 is 22.7 Å². The van der Waals surface area contributed by atoms with Gasteiger partial charge < -0.3 is 4.42 Å². The van der Waals surface area contributed by atoms with Crippen molar-refractivity contribution in [1.29, 1.82) is 0 Å². The van der Waals surface area contributed by atoms with Gasteiger partial charge in [-0.1, -0.05) is 72.4 Å². The van der Waals surface area contributed by atoms with Crippen molar-refractivity contribution in [2.75, 3.05) is 0 Å². The highest BCUT2D eigenvalue weighted by molar-refractivity contribution is 7.98. The molecule has 0 spiro atoms. The smallest absolute Gasteiger partial charge is 0.336 e. The Balaban J connectivity index is 1.37. The summed E-state index contributed by atoms with van der Waals surface area (Å²) in [7, 11) is 0. The summed E-state index contributed by atoms with van der Waals surface area (Å²) in [5.41, 5.74) is 7.40. The molecule has 2 aromatic heterocycles. The molecule has 34 heavy (non-hydrogen) atoms. The molecule has 0 saturated heterocycles. The maximum atomic E-state index is 12.2. The lowest BCUT2D eigenvalue weighted by molar-refractivity contribution is 0.559. The van der Waals surface area contributed by atoms with Crippen LogP contribution in [0.2, 0.25) is 0 Å². The van der Waals surface area contributed by atoms with E-state index < -0.39 is 0 Å². The second-order valence-electron chi connectivity index (χ2n) is 8.37. The van der Waals surface area contributed by atoms with E-state index in [1.54, 1.807) is 6.07 Å². The molecule has 0 saturated carbocycles. The first kappa shape index (κ1) is 20.8. The van der Waals surface area contributed by atoms with Gasteiger partial charge in [0.1, 0.15) is 17.0 Å². The summed E-state index contributed by atoms with van der Waals surface area (Å²) in [5.74, 6) is 0.557. The van der Waals surface area contributed by atoms with Gasteiger partial charge in [0, 0.05) is 28.3 Å². The molecule has 166 valence electrons. The van der Waals surface area contributed by atoms with E-state index in [1.807, 2.05) is 66.7 Å². The summed E-state index contributed by atoms with van der Waals surface area (Å²) < 4.78 is 5.51. The molecular weight excluding hydrogens is 442 g/mol. The highest BCUT2D eigenvalue weighted by Gasteiger charge is 2.17. The van der Waals surface area contributed by atoms with Crippen molar-refractivity contribution in [3.63, 3.8) is 0 Å². The van der Waals surface area contributed by atoms with Crippen LogP contribution >= 0.6 is 11.8 Å². The van der Waals surface area contributed by atoms with E-state index in [1.165, 1.54) is 22.9 Å². The molecule has 1 aliphatic rings. The lowest BCUT2D eigenvalue weighted by Crippen LogP contribution is -2.02. The van der Waals surface area contributed by atoms with Gasteiger partial charge >= 0.3 is 5.63 Å². The molecule has 1 aliphatic carbocycles. The summed E-state index contributed by atoms with van der Waals surface area (Å²) in [5, 5.41) is 10.5. The molecular formula is C28H21N3O2S. The van der Waals surface area contributed by atoms with E-state index in [0.29, 0.717) is 16.5 Å².